The van der Waals surface area contributed by atoms with Gasteiger partial charge >= 0.3 is 0 Å². The van der Waals surface area contributed by atoms with Crippen molar-refractivity contribution in [2.45, 2.75) is 33.6 Å². The highest BCUT2D eigenvalue weighted by atomic mass is 16.1. The van der Waals surface area contributed by atoms with Crippen LogP contribution in [0.3, 0.4) is 0 Å². The number of hydrogen-bond donors (Lipinski definition) is 0. The Bertz CT molecular complexity index is 246. The normalized spacial score (nSPS) is 30.6. The summed E-state index contributed by atoms with van der Waals surface area (Å²) < 4.78 is 0. The van der Waals surface area contributed by atoms with Gasteiger partial charge in [0.15, 0.2) is 5.78 Å². The third-order valence-corrected chi connectivity index (χ3v) is 2.32. The first kappa shape index (κ1) is 9.24. The molecular weight excluding hydrogens is 148 g/mol. The molecule has 1 atom stereocenters. The van der Waals surface area contributed by atoms with Gasteiger partial charge in [0.1, 0.15) is 0 Å². The second-order valence-electron chi connectivity index (χ2n) is 3.31. The van der Waals surface area contributed by atoms with Crippen LogP contribution in [0, 0.1) is 5.92 Å². The Kier molecular flexibility index (Phi) is 2.85. The van der Waals surface area contributed by atoms with E-state index >= 15 is 0 Å². The van der Waals surface area contributed by atoms with E-state index in [-0.39, 0.29) is 5.92 Å². The molecule has 1 nitrogen and oxygen atoms in total. The highest BCUT2D eigenvalue weighted by Gasteiger charge is 2.28. The van der Waals surface area contributed by atoms with Crippen LogP contribution in [0.15, 0.2) is 23.3 Å². The van der Waals surface area contributed by atoms with Crippen molar-refractivity contribution in [1.82, 2.24) is 0 Å². The van der Waals surface area contributed by atoms with Crippen LogP contribution in [0.2, 0.25) is 0 Å². The second kappa shape index (κ2) is 3.70. The highest BCUT2D eigenvalue weighted by molar-refractivity contribution is 6.04. The van der Waals surface area contributed by atoms with Gasteiger partial charge in [0, 0.05) is 11.5 Å². The summed E-state index contributed by atoms with van der Waals surface area (Å²) in [5.74, 6) is 0.520. The van der Waals surface area contributed by atoms with Crippen molar-refractivity contribution in [1.29, 1.82) is 0 Å². The van der Waals surface area contributed by atoms with Gasteiger partial charge in [-0.3, -0.25) is 4.79 Å². The third-order valence-electron chi connectivity index (χ3n) is 2.32. The van der Waals surface area contributed by atoms with Crippen molar-refractivity contribution >= 4 is 5.78 Å². The molecule has 0 spiro atoms. The van der Waals surface area contributed by atoms with E-state index < -0.39 is 0 Å². The predicted molar refractivity (Wildman–Crippen MR) is 50.9 cm³/mol. The fourth-order valence-corrected chi connectivity index (χ4v) is 1.72. The Labute approximate surface area is 74.2 Å². The minimum Gasteiger partial charge on any atom is -0.294 e. The number of carbonyl (C=O) groups excluding carboxylic acids is 1. The number of ketones is 1. The van der Waals surface area contributed by atoms with Gasteiger partial charge in [-0.2, -0.15) is 0 Å². The molecule has 0 amide bonds. The van der Waals surface area contributed by atoms with Gasteiger partial charge in [0.2, 0.25) is 0 Å². The van der Waals surface area contributed by atoms with Crippen molar-refractivity contribution in [2.75, 3.05) is 0 Å². The molecule has 1 heteroatoms. The molecule has 1 aliphatic rings. The Morgan fingerprint density at radius 2 is 2.25 bits per heavy atom. The molecule has 0 bridgehead atoms. The highest BCUT2D eigenvalue weighted by Crippen LogP contribution is 2.31. The zero-order chi connectivity index (χ0) is 9.14. The maximum Gasteiger partial charge on any atom is 0.165 e. The smallest absolute Gasteiger partial charge is 0.165 e. The van der Waals surface area contributed by atoms with Crippen LogP contribution >= 0.6 is 0 Å². The predicted octanol–water partition coefficient (Wildman–Crippen LogP) is 2.88. The van der Waals surface area contributed by atoms with Crippen molar-refractivity contribution in [3.05, 3.63) is 23.3 Å². The summed E-state index contributed by atoms with van der Waals surface area (Å²) in [6, 6.07) is 0. The van der Waals surface area contributed by atoms with Crippen LogP contribution in [0.5, 0.6) is 0 Å². The first-order valence-electron chi connectivity index (χ1n) is 4.60. The lowest BCUT2D eigenvalue weighted by molar-refractivity contribution is -0.117. The van der Waals surface area contributed by atoms with E-state index in [0.29, 0.717) is 5.78 Å². The second-order valence-corrected chi connectivity index (χ2v) is 3.31. The topological polar surface area (TPSA) is 17.1 Å². The van der Waals surface area contributed by atoms with Gasteiger partial charge in [-0.05, 0) is 25.3 Å². The molecule has 0 N–H and O–H groups in total. The standard InChI is InChI=1S/C11H16O/c1-4-6-9-7-8(3)11(12)10(9)5-2/h5-6,8H,4,7H2,1-3H3/b9-6-,10-5+. The first-order valence-corrected chi connectivity index (χ1v) is 4.60. The maximum atomic E-state index is 11.5. The fraction of sp³-hybridized carbons (Fsp3) is 0.545. The Morgan fingerprint density at radius 3 is 2.75 bits per heavy atom. The molecule has 0 aromatic heterocycles. The summed E-state index contributed by atoms with van der Waals surface area (Å²) in [4.78, 5) is 11.5. The van der Waals surface area contributed by atoms with Crippen LogP contribution in [0.4, 0.5) is 0 Å². The van der Waals surface area contributed by atoms with E-state index in [1.54, 1.807) is 0 Å². The van der Waals surface area contributed by atoms with E-state index in [9.17, 15) is 4.79 Å². The molecule has 1 fully saturated rings. The quantitative estimate of drug-likeness (QED) is 0.545. The van der Waals surface area contributed by atoms with Gasteiger partial charge < -0.3 is 0 Å². The van der Waals surface area contributed by atoms with Crippen molar-refractivity contribution in [3.63, 3.8) is 0 Å². The minimum absolute atomic E-state index is 0.203. The van der Waals surface area contributed by atoms with E-state index in [1.165, 1.54) is 5.57 Å². The number of Topliss-reactive ketones (excluding diaryl/α,β-unsaturated/α-hetero) is 1. The van der Waals surface area contributed by atoms with Gasteiger partial charge in [-0.15, -0.1) is 0 Å². The van der Waals surface area contributed by atoms with Crippen LogP contribution in [-0.4, -0.2) is 5.78 Å². The largest absolute Gasteiger partial charge is 0.294 e. The molecule has 0 aromatic rings. The van der Waals surface area contributed by atoms with E-state index in [0.717, 1.165) is 18.4 Å². The number of rotatable bonds is 1. The summed E-state index contributed by atoms with van der Waals surface area (Å²) in [6.07, 6.45) is 6.06. The number of hydrogen-bond acceptors (Lipinski definition) is 1. The molecule has 0 radical (unpaired) electrons. The lowest BCUT2D eigenvalue weighted by atomic mass is 10.1. The van der Waals surface area contributed by atoms with Gasteiger partial charge in [-0.25, -0.2) is 0 Å². The zero-order valence-electron chi connectivity index (χ0n) is 8.05. The minimum atomic E-state index is 0.203. The Balaban J connectivity index is 2.94. The number of allylic oxidation sites excluding steroid dienone is 4. The van der Waals surface area contributed by atoms with Crippen LogP contribution in [-0.2, 0) is 4.79 Å². The monoisotopic (exact) mass is 164 g/mol. The molecule has 0 heterocycles. The van der Waals surface area contributed by atoms with Crippen molar-refractivity contribution < 1.29 is 4.79 Å². The molecule has 12 heavy (non-hydrogen) atoms. The SMILES string of the molecule is C/C=C1/C(=O)C(C)C/C1=C/CC. The summed E-state index contributed by atoms with van der Waals surface area (Å²) in [5, 5.41) is 0. The van der Waals surface area contributed by atoms with Crippen LogP contribution in [0.25, 0.3) is 0 Å². The third kappa shape index (κ3) is 1.50. The molecule has 66 valence electrons. The molecular formula is C11H16O. The molecule has 0 aromatic carbocycles. The van der Waals surface area contributed by atoms with Gasteiger partial charge in [0.25, 0.3) is 0 Å². The summed E-state index contributed by atoms with van der Waals surface area (Å²) >= 11 is 0. The Hall–Kier alpha value is -0.850. The zero-order valence-corrected chi connectivity index (χ0v) is 8.05. The molecule has 1 saturated carbocycles. The molecule has 0 aliphatic heterocycles. The summed E-state index contributed by atoms with van der Waals surface area (Å²) in [5.41, 5.74) is 2.20. The first-order chi connectivity index (χ1) is 5.70. The molecule has 0 saturated heterocycles. The number of carbonyl (C=O) groups is 1. The molecule has 1 unspecified atom stereocenters. The Morgan fingerprint density at radius 1 is 1.58 bits per heavy atom. The van der Waals surface area contributed by atoms with Crippen molar-refractivity contribution in [3.8, 4) is 0 Å². The lowest BCUT2D eigenvalue weighted by Crippen LogP contribution is -2.01. The summed E-state index contributed by atoms with van der Waals surface area (Å²) in [7, 11) is 0. The average molecular weight is 164 g/mol. The van der Waals surface area contributed by atoms with E-state index in [4.69, 9.17) is 0 Å². The van der Waals surface area contributed by atoms with E-state index in [1.807, 2.05) is 19.9 Å². The van der Waals surface area contributed by atoms with Gasteiger partial charge in [0.05, 0.1) is 0 Å². The molecule has 1 rings (SSSR count). The van der Waals surface area contributed by atoms with Crippen LogP contribution in [0.1, 0.15) is 33.6 Å². The fourth-order valence-electron chi connectivity index (χ4n) is 1.72. The lowest BCUT2D eigenvalue weighted by Gasteiger charge is -1.95. The maximum absolute atomic E-state index is 11.5. The van der Waals surface area contributed by atoms with Crippen LogP contribution < -0.4 is 0 Å². The van der Waals surface area contributed by atoms with Gasteiger partial charge in [-0.1, -0.05) is 26.0 Å². The average Bonchev–Trinajstić information content (AvgIpc) is 2.29. The van der Waals surface area contributed by atoms with Crippen molar-refractivity contribution in [2.24, 2.45) is 5.92 Å². The molecule has 1 aliphatic carbocycles. The van der Waals surface area contributed by atoms with E-state index in [2.05, 4.69) is 13.0 Å². The summed E-state index contributed by atoms with van der Waals surface area (Å²) in [6.45, 7) is 6.05.